The SMILES string of the molecule is CC1C2CC3C4CC5(O)C(C24)C135. The highest BCUT2D eigenvalue weighted by atomic mass is 16.3. The van der Waals surface area contributed by atoms with Gasteiger partial charge in [-0.05, 0) is 42.4 Å². The van der Waals surface area contributed by atoms with Crippen LogP contribution in [0.2, 0.25) is 0 Å². The second kappa shape index (κ2) is 1.06. The Balaban J connectivity index is 1.94. The molecule has 64 valence electrons. The predicted molar refractivity (Wildman–Crippen MR) is 43.2 cm³/mol. The topological polar surface area (TPSA) is 20.2 Å². The summed E-state index contributed by atoms with van der Waals surface area (Å²) in [6, 6.07) is 0. The first-order chi connectivity index (χ1) is 5.73. The molecule has 7 aliphatic rings. The highest BCUT2D eigenvalue weighted by Crippen LogP contribution is 2.99. The van der Waals surface area contributed by atoms with Crippen LogP contribution in [0.15, 0.2) is 0 Å². The molecule has 0 amide bonds. The molecule has 0 aromatic rings. The van der Waals surface area contributed by atoms with Gasteiger partial charge < -0.3 is 5.11 Å². The van der Waals surface area contributed by atoms with Crippen LogP contribution in [0.5, 0.6) is 0 Å². The first-order valence-corrected chi connectivity index (χ1v) is 5.45. The van der Waals surface area contributed by atoms with Crippen molar-refractivity contribution >= 4 is 0 Å². The fourth-order valence-electron chi connectivity index (χ4n) is 6.89. The van der Waals surface area contributed by atoms with Gasteiger partial charge in [-0.3, -0.25) is 0 Å². The van der Waals surface area contributed by atoms with E-state index in [0.717, 1.165) is 35.5 Å². The molecule has 8 unspecified atom stereocenters. The van der Waals surface area contributed by atoms with Crippen LogP contribution in [-0.4, -0.2) is 10.7 Å². The highest BCUT2D eigenvalue weighted by Gasteiger charge is 3.00. The van der Waals surface area contributed by atoms with E-state index in [-0.39, 0.29) is 5.60 Å². The van der Waals surface area contributed by atoms with Gasteiger partial charge in [-0.1, -0.05) is 6.92 Å². The maximum Gasteiger partial charge on any atom is 0.0753 e. The number of rotatable bonds is 0. The smallest absolute Gasteiger partial charge is 0.0753 e. The van der Waals surface area contributed by atoms with Gasteiger partial charge in [0.2, 0.25) is 0 Å². The Bertz CT molecular complexity index is 317. The van der Waals surface area contributed by atoms with Crippen molar-refractivity contribution in [1.29, 1.82) is 0 Å². The molecule has 12 heavy (non-hydrogen) atoms. The lowest BCUT2D eigenvalue weighted by molar-refractivity contribution is 0.0771. The zero-order valence-electron chi connectivity index (χ0n) is 7.33. The van der Waals surface area contributed by atoms with Crippen LogP contribution >= 0.6 is 0 Å². The van der Waals surface area contributed by atoms with Gasteiger partial charge in [0, 0.05) is 11.3 Å². The Labute approximate surface area is 72.2 Å². The Kier molecular flexibility index (Phi) is 0.500. The van der Waals surface area contributed by atoms with Crippen LogP contribution in [0, 0.1) is 40.9 Å². The zero-order valence-corrected chi connectivity index (χ0v) is 7.33. The van der Waals surface area contributed by atoms with Crippen molar-refractivity contribution in [3.8, 4) is 0 Å². The van der Waals surface area contributed by atoms with Gasteiger partial charge in [0.05, 0.1) is 5.60 Å². The maximum atomic E-state index is 10.4. The van der Waals surface area contributed by atoms with Crippen LogP contribution in [-0.2, 0) is 0 Å². The van der Waals surface area contributed by atoms with Gasteiger partial charge in [0.15, 0.2) is 0 Å². The molecule has 8 atom stereocenters. The van der Waals surface area contributed by atoms with E-state index in [9.17, 15) is 5.11 Å². The minimum atomic E-state index is -0.126. The van der Waals surface area contributed by atoms with E-state index in [2.05, 4.69) is 6.92 Å². The minimum absolute atomic E-state index is 0.126. The van der Waals surface area contributed by atoms with Crippen molar-refractivity contribution in [3.63, 3.8) is 0 Å². The number of hydrogen-bond donors (Lipinski definition) is 1. The number of aliphatic hydroxyl groups is 1. The summed E-state index contributed by atoms with van der Waals surface area (Å²) in [5.41, 5.74) is 0.367. The van der Waals surface area contributed by atoms with Crippen molar-refractivity contribution in [1.82, 2.24) is 0 Å². The highest BCUT2D eigenvalue weighted by molar-refractivity contribution is 5.48. The monoisotopic (exact) mass is 162 g/mol. The van der Waals surface area contributed by atoms with Crippen LogP contribution in [0.3, 0.4) is 0 Å². The van der Waals surface area contributed by atoms with Crippen molar-refractivity contribution < 1.29 is 5.11 Å². The Morgan fingerprint density at radius 3 is 2.75 bits per heavy atom. The molecular formula is C11H14O. The summed E-state index contributed by atoms with van der Waals surface area (Å²) in [6.45, 7) is 2.41. The third-order valence-electron chi connectivity index (χ3n) is 6.67. The maximum absolute atomic E-state index is 10.4. The molecular weight excluding hydrogens is 148 g/mol. The van der Waals surface area contributed by atoms with Crippen LogP contribution in [0.4, 0.5) is 0 Å². The largest absolute Gasteiger partial charge is 0.389 e. The summed E-state index contributed by atoms with van der Waals surface area (Å²) in [5, 5.41) is 10.4. The second-order valence-electron chi connectivity index (χ2n) is 6.07. The quantitative estimate of drug-likeness (QED) is 0.568. The molecule has 0 radical (unpaired) electrons. The predicted octanol–water partition coefficient (Wildman–Crippen LogP) is 1.27. The van der Waals surface area contributed by atoms with Gasteiger partial charge in [-0.25, -0.2) is 0 Å². The molecule has 7 aliphatic carbocycles. The Hall–Kier alpha value is -0.0400. The van der Waals surface area contributed by atoms with E-state index >= 15 is 0 Å². The molecule has 0 aliphatic heterocycles. The van der Waals surface area contributed by atoms with E-state index in [4.69, 9.17) is 0 Å². The lowest BCUT2D eigenvalue weighted by atomic mass is 9.80. The van der Waals surface area contributed by atoms with Gasteiger partial charge in [-0.2, -0.15) is 0 Å². The first-order valence-electron chi connectivity index (χ1n) is 5.45. The summed E-state index contributed by atoms with van der Waals surface area (Å²) in [7, 11) is 0. The summed E-state index contributed by atoms with van der Waals surface area (Å²) in [5.74, 6) is 5.62. The lowest BCUT2D eigenvalue weighted by Gasteiger charge is -2.25. The molecule has 7 bridgehead atoms. The summed E-state index contributed by atoms with van der Waals surface area (Å²) in [6.07, 6.45) is 2.67. The minimum Gasteiger partial charge on any atom is -0.389 e. The molecule has 0 heterocycles. The Morgan fingerprint density at radius 2 is 2.17 bits per heavy atom. The van der Waals surface area contributed by atoms with E-state index < -0.39 is 0 Å². The van der Waals surface area contributed by atoms with Crippen LogP contribution < -0.4 is 0 Å². The third-order valence-corrected chi connectivity index (χ3v) is 6.67. The van der Waals surface area contributed by atoms with Crippen LogP contribution in [0.1, 0.15) is 19.8 Å². The standard InChI is InChI=1S/C11H14O/c1-4-5-2-7-6-3-10(12)9(8(5)6)11(4,7)10/h4-9,12H,2-3H2,1H3. The van der Waals surface area contributed by atoms with Gasteiger partial charge in [-0.15, -0.1) is 0 Å². The fourth-order valence-corrected chi connectivity index (χ4v) is 6.89. The van der Waals surface area contributed by atoms with Crippen LogP contribution in [0.25, 0.3) is 0 Å². The van der Waals surface area contributed by atoms with Crippen molar-refractivity contribution in [2.45, 2.75) is 25.4 Å². The lowest BCUT2D eigenvalue weighted by Crippen LogP contribution is -2.26. The summed E-state index contributed by atoms with van der Waals surface area (Å²) < 4.78 is 0. The molecule has 7 saturated carbocycles. The third kappa shape index (κ3) is 0.222. The molecule has 7 rings (SSSR count). The number of hydrogen-bond acceptors (Lipinski definition) is 1. The molecule has 0 aromatic carbocycles. The zero-order chi connectivity index (χ0) is 7.88. The molecule has 0 aromatic heterocycles. The molecule has 1 N–H and O–H groups in total. The molecule has 1 spiro atoms. The average molecular weight is 162 g/mol. The summed E-state index contributed by atoms with van der Waals surface area (Å²) in [4.78, 5) is 0. The van der Waals surface area contributed by atoms with E-state index in [1.165, 1.54) is 12.8 Å². The van der Waals surface area contributed by atoms with Crippen molar-refractivity contribution in [2.75, 3.05) is 0 Å². The molecule has 1 nitrogen and oxygen atoms in total. The van der Waals surface area contributed by atoms with Crippen molar-refractivity contribution in [3.05, 3.63) is 0 Å². The van der Waals surface area contributed by atoms with Gasteiger partial charge in [0.1, 0.15) is 0 Å². The molecule has 0 saturated heterocycles. The second-order valence-corrected chi connectivity index (χ2v) is 6.07. The van der Waals surface area contributed by atoms with Gasteiger partial charge >= 0.3 is 0 Å². The summed E-state index contributed by atoms with van der Waals surface area (Å²) >= 11 is 0. The van der Waals surface area contributed by atoms with Crippen molar-refractivity contribution in [2.24, 2.45) is 40.9 Å². The van der Waals surface area contributed by atoms with E-state index in [1.807, 2.05) is 0 Å². The Morgan fingerprint density at radius 1 is 1.33 bits per heavy atom. The molecule has 1 heteroatoms. The normalized spacial score (nSPS) is 90.5. The fraction of sp³-hybridized carbons (Fsp3) is 1.00. The first kappa shape index (κ1) is 5.64. The average Bonchev–Trinajstić information content (AvgIpc) is 2.58. The van der Waals surface area contributed by atoms with E-state index in [0.29, 0.717) is 5.41 Å². The molecule has 7 fully saturated rings. The van der Waals surface area contributed by atoms with Gasteiger partial charge in [0.25, 0.3) is 0 Å². The van der Waals surface area contributed by atoms with E-state index in [1.54, 1.807) is 0 Å².